The fraction of sp³-hybridized carbons (Fsp3) is 0.500. The number of aliphatic hydroxyl groups excluding tert-OH is 1. The van der Waals surface area contributed by atoms with Gasteiger partial charge in [0.25, 0.3) is 0 Å². The quantitative estimate of drug-likeness (QED) is 0.857. The first-order chi connectivity index (χ1) is 9.13. The molecule has 0 saturated carbocycles. The molecule has 19 heavy (non-hydrogen) atoms. The van der Waals surface area contributed by atoms with Crippen LogP contribution in [0.15, 0.2) is 24.3 Å². The van der Waals surface area contributed by atoms with Crippen molar-refractivity contribution in [3.63, 3.8) is 0 Å². The molecule has 2 N–H and O–H groups in total. The number of likely N-dealkylation sites (tertiary alicyclic amines) is 1. The van der Waals surface area contributed by atoms with Crippen molar-refractivity contribution in [3.05, 3.63) is 35.6 Å². The van der Waals surface area contributed by atoms with E-state index < -0.39 is 12.1 Å². The van der Waals surface area contributed by atoms with Crippen molar-refractivity contribution in [2.24, 2.45) is 0 Å². The maximum atomic E-state index is 12.9. The largest absolute Gasteiger partial charge is 0.386 e. The summed E-state index contributed by atoms with van der Waals surface area (Å²) in [5, 5.41) is 13.1. The van der Waals surface area contributed by atoms with E-state index in [1.54, 1.807) is 11.9 Å². The summed E-state index contributed by atoms with van der Waals surface area (Å²) in [5.41, 5.74) is 0.535. The molecule has 0 spiro atoms. The highest BCUT2D eigenvalue weighted by atomic mass is 19.1. The topological polar surface area (TPSA) is 52.6 Å². The smallest absolute Gasteiger partial charge is 0.242 e. The fourth-order valence-corrected chi connectivity index (χ4v) is 2.40. The van der Waals surface area contributed by atoms with Crippen LogP contribution in [-0.2, 0) is 4.79 Å². The molecule has 2 unspecified atom stereocenters. The van der Waals surface area contributed by atoms with Crippen LogP contribution in [0.1, 0.15) is 24.5 Å². The Morgan fingerprint density at radius 2 is 1.89 bits per heavy atom. The summed E-state index contributed by atoms with van der Waals surface area (Å²) in [4.78, 5) is 14.0. The van der Waals surface area contributed by atoms with E-state index in [0.29, 0.717) is 5.56 Å². The number of benzene rings is 1. The molecule has 1 aromatic carbocycles. The summed E-state index contributed by atoms with van der Waals surface area (Å²) in [6.45, 7) is 1.49. The van der Waals surface area contributed by atoms with E-state index in [0.717, 1.165) is 25.9 Å². The Morgan fingerprint density at radius 1 is 1.32 bits per heavy atom. The number of amides is 1. The lowest BCUT2D eigenvalue weighted by molar-refractivity contribution is -0.135. The Labute approximate surface area is 112 Å². The molecule has 104 valence electrons. The Hall–Kier alpha value is -1.46. The average Bonchev–Trinajstić information content (AvgIpc) is 2.94. The molecule has 1 fully saturated rings. The van der Waals surface area contributed by atoms with Crippen LogP contribution in [0.3, 0.4) is 0 Å². The molecule has 1 aromatic rings. The van der Waals surface area contributed by atoms with E-state index in [1.807, 2.05) is 0 Å². The highest BCUT2D eigenvalue weighted by molar-refractivity contribution is 5.83. The molecular formula is C14H19FN2O2. The summed E-state index contributed by atoms with van der Waals surface area (Å²) in [7, 11) is 1.64. The number of carbonyl (C=O) groups is 1. The number of carbonyl (C=O) groups excluding carboxylic acids is 1. The van der Waals surface area contributed by atoms with Crippen LogP contribution in [0.2, 0.25) is 0 Å². The molecule has 1 heterocycles. The van der Waals surface area contributed by atoms with Crippen molar-refractivity contribution in [1.29, 1.82) is 0 Å². The highest BCUT2D eigenvalue weighted by Crippen LogP contribution is 2.20. The molecule has 1 aliphatic rings. The van der Waals surface area contributed by atoms with E-state index in [1.165, 1.54) is 24.3 Å². The van der Waals surface area contributed by atoms with Crippen LogP contribution in [0.5, 0.6) is 0 Å². The van der Waals surface area contributed by atoms with Crippen molar-refractivity contribution in [1.82, 2.24) is 10.2 Å². The monoisotopic (exact) mass is 266 g/mol. The van der Waals surface area contributed by atoms with Gasteiger partial charge in [0.2, 0.25) is 5.91 Å². The maximum Gasteiger partial charge on any atom is 0.242 e. The molecule has 1 saturated heterocycles. The first-order valence-corrected chi connectivity index (χ1v) is 6.53. The van der Waals surface area contributed by atoms with Crippen LogP contribution >= 0.6 is 0 Å². The minimum absolute atomic E-state index is 0.100. The number of hydrogen-bond donors (Lipinski definition) is 2. The summed E-state index contributed by atoms with van der Waals surface area (Å²) < 4.78 is 12.9. The molecule has 2 atom stereocenters. The number of likely N-dealkylation sites (N-methyl/N-ethyl adjacent to an activating group) is 1. The van der Waals surface area contributed by atoms with Gasteiger partial charge in [0.1, 0.15) is 18.0 Å². The summed E-state index contributed by atoms with van der Waals surface area (Å²) in [6.07, 6.45) is 1.04. The second kappa shape index (κ2) is 6.12. The van der Waals surface area contributed by atoms with Crippen LogP contribution in [0.4, 0.5) is 4.39 Å². The molecule has 0 radical (unpaired) electrons. The SMILES string of the molecule is CNC(C(=O)N1CCCC1)C(O)c1ccc(F)cc1. The number of aliphatic hydroxyl groups is 1. The average molecular weight is 266 g/mol. The van der Waals surface area contributed by atoms with Gasteiger partial charge in [-0.15, -0.1) is 0 Å². The predicted molar refractivity (Wildman–Crippen MR) is 70.0 cm³/mol. The number of rotatable bonds is 4. The Balaban J connectivity index is 2.11. The Bertz CT molecular complexity index is 430. The zero-order chi connectivity index (χ0) is 13.8. The zero-order valence-electron chi connectivity index (χ0n) is 11.0. The maximum absolute atomic E-state index is 12.9. The summed E-state index contributed by atoms with van der Waals surface area (Å²) in [5.74, 6) is -0.459. The lowest BCUT2D eigenvalue weighted by Gasteiger charge is -2.26. The van der Waals surface area contributed by atoms with Gasteiger partial charge in [-0.2, -0.15) is 0 Å². The van der Waals surface area contributed by atoms with Gasteiger partial charge in [-0.3, -0.25) is 4.79 Å². The zero-order valence-corrected chi connectivity index (χ0v) is 11.0. The van der Waals surface area contributed by atoms with E-state index in [9.17, 15) is 14.3 Å². The second-order valence-corrected chi connectivity index (χ2v) is 4.80. The first kappa shape index (κ1) is 14.0. The number of hydrogen-bond acceptors (Lipinski definition) is 3. The molecule has 0 aromatic heterocycles. The number of nitrogens with one attached hydrogen (secondary N) is 1. The van der Waals surface area contributed by atoms with Gasteiger partial charge in [0.05, 0.1) is 0 Å². The van der Waals surface area contributed by atoms with E-state index in [-0.39, 0.29) is 11.7 Å². The van der Waals surface area contributed by atoms with Gasteiger partial charge < -0.3 is 15.3 Å². The third-order valence-corrected chi connectivity index (χ3v) is 3.52. The van der Waals surface area contributed by atoms with Crippen LogP contribution < -0.4 is 5.32 Å². The van der Waals surface area contributed by atoms with Gasteiger partial charge >= 0.3 is 0 Å². The lowest BCUT2D eigenvalue weighted by Crippen LogP contribution is -2.47. The van der Waals surface area contributed by atoms with E-state index in [4.69, 9.17) is 0 Å². The summed E-state index contributed by atoms with van der Waals surface area (Å²) in [6, 6.07) is 4.88. The molecule has 2 rings (SSSR count). The Kier molecular flexibility index (Phi) is 4.50. The third-order valence-electron chi connectivity index (χ3n) is 3.52. The van der Waals surface area contributed by atoms with Crippen LogP contribution in [0.25, 0.3) is 0 Å². The Morgan fingerprint density at radius 3 is 2.42 bits per heavy atom. The molecule has 1 amide bonds. The van der Waals surface area contributed by atoms with E-state index in [2.05, 4.69) is 5.32 Å². The van der Waals surface area contributed by atoms with Crippen molar-refractivity contribution in [2.45, 2.75) is 25.0 Å². The van der Waals surface area contributed by atoms with Crippen molar-refractivity contribution >= 4 is 5.91 Å². The number of nitrogens with zero attached hydrogens (tertiary/aromatic N) is 1. The van der Waals surface area contributed by atoms with Crippen LogP contribution in [-0.4, -0.2) is 42.1 Å². The molecule has 0 bridgehead atoms. The van der Waals surface area contributed by atoms with Crippen molar-refractivity contribution in [3.8, 4) is 0 Å². The molecule has 4 nitrogen and oxygen atoms in total. The van der Waals surface area contributed by atoms with Gasteiger partial charge in [0, 0.05) is 13.1 Å². The molecule has 5 heteroatoms. The van der Waals surface area contributed by atoms with Gasteiger partial charge in [-0.1, -0.05) is 12.1 Å². The van der Waals surface area contributed by atoms with Crippen molar-refractivity contribution in [2.75, 3.05) is 20.1 Å². The predicted octanol–water partition coefficient (Wildman–Crippen LogP) is 1.07. The third kappa shape index (κ3) is 3.11. The molecule has 1 aliphatic heterocycles. The minimum atomic E-state index is -0.973. The van der Waals surface area contributed by atoms with Gasteiger partial charge in [-0.05, 0) is 37.6 Å². The second-order valence-electron chi connectivity index (χ2n) is 4.80. The van der Waals surface area contributed by atoms with Gasteiger partial charge in [-0.25, -0.2) is 4.39 Å². The van der Waals surface area contributed by atoms with Crippen molar-refractivity contribution < 1.29 is 14.3 Å². The lowest BCUT2D eigenvalue weighted by atomic mass is 10.0. The van der Waals surface area contributed by atoms with E-state index >= 15 is 0 Å². The highest BCUT2D eigenvalue weighted by Gasteiger charge is 2.31. The van der Waals surface area contributed by atoms with Crippen LogP contribution in [0, 0.1) is 5.82 Å². The molecular weight excluding hydrogens is 247 g/mol. The first-order valence-electron chi connectivity index (χ1n) is 6.53. The standard InChI is InChI=1S/C14H19FN2O2/c1-16-12(14(19)17-8-2-3-9-17)13(18)10-4-6-11(15)7-5-10/h4-7,12-13,16,18H,2-3,8-9H2,1H3. The molecule has 0 aliphatic carbocycles. The minimum Gasteiger partial charge on any atom is -0.386 e. The number of halogens is 1. The van der Waals surface area contributed by atoms with Gasteiger partial charge in [0.15, 0.2) is 0 Å². The summed E-state index contributed by atoms with van der Waals surface area (Å²) >= 11 is 0. The normalized spacial score (nSPS) is 18.4. The fourth-order valence-electron chi connectivity index (χ4n) is 2.40.